The van der Waals surface area contributed by atoms with Crippen LogP contribution in [0.3, 0.4) is 0 Å². The molecule has 1 saturated heterocycles. The number of nitrogens with one attached hydrogen (secondary N) is 2. The van der Waals surface area contributed by atoms with Crippen molar-refractivity contribution < 1.29 is 14.6 Å². The maximum atomic E-state index is 9.97. The van der Waals surface area contributed by atoms with Gasteiger partial charge in [0.15, 0.2) is 5.82 Å². The molecule has 3 aromatic rings. The number of benzene rings is 1. The minimum absolute atomic E-state index is 0.0594. The first-order valence-electron chi connectivity index (χ1n) is 10.6. The van der Waals surface area contributed by atoms with Crippen molar-refractivity contribution in [3.8, 4) is 6.01 Å². The molecule has 3 heterocycles. The van der Waals surface area contributed by atoms with E-state index in [1.165, 1.54) is 11.8 Å². The highest BCUT2D eigenvalue weighted by Crippen LogP contribution is 2.24. The number of morpholine rings is 1. The number of ether oxygens (including phenoxy) is 2. The van der Waals surface area contributed by atoms with Gasteiger partial charge in [-0.3, -0.25) is 5.43 Å². The second-order valence-electron chi connectivity index (χ2n) is 8.48. The third-order valence-electron chi connectivity index (χ3n) is 5.15. The third-order valence-corrected chi connectivity index (χ3v) is 5.15. The van der Waals surface area contributed by atoms with E-state index in [1.807, 2.05) is 17.0 Å². The van der Waals surface area contributed by atoms with Crippen molar-refractivity contribution in [1.82, 2.24) is 19.9 Å². The predicted octanol–water partition coefficient (Wildman–Crippen LogP) is 2.40. The summed E-state index contributed by atoms with van der Waals surface area (Å²) in [4.78, 5) is 18.6. The first-order valence-corrected chi connectivity index (χ1v) is 10.6. The van der Waals surface area contributed by atoms with Gasteiger partial charge < -0.3 is 24.5 Å². The summed E-state index contributed by atoms with van der Waals surface area (Å²) in [7, 11) is 0. The Bertz CT molecular complexity index is 1110. The molecule has 1 fully saturated rings. The fraction of sp³-hybridized carbons (Fsp3) is 0.455. The van der Waals surface area contributed by atoms with Crippen LogP contribution in [-0.4, -0.2) is 69.8 Å². The van der Waals surface area contributed by atoms with E-state index in [2.05, 4.69) is 50.4 Å². The van der Waals surface area contributed by atoms with Gasteiger partial charge in [-0.2, -0.15) is 20.1 Å². The van der Waals surface area contributed by atoms with Gasteiger partial charge in [-0.1, -0.05) is 0 Å². The largest absolute Gasteiger partial charge is 0.460 e. The first kappa shape index (κ1) is 22.0. The van der Waals surface area contributed by atoms with Crippen LogP contribution in [0.1, 0.15) is 30.9 Å². The Balaban J connectivity index is 1.54. The smallest absolute Gasteiger partial charge is 0.321 e. The molecule has 1 aliphatic rings. The predicted molar refractivity (Wildman–Crippen MR) is 124 cm³/mol. The minimum Gasteiger partial charge on any atom is -0.460 e. The summed E-state index contributed by atoms with van der Waals surface area (Å²) in [5.74, 6) is 0.852. The molecular weight excluding hydrogens is 410 g/mol. The number of anilines is 2. The quantitative estimate of drug-likeness (QED) is 0.379. The Morgan fingerprint density at radius 2 is 2.03 bits per heavy atom. The van der Waals surface area contributed by atoms with Crippen LogP contribution in [0.4, 0.5) is 11.6 Å². The number of rotatable bonds is 7. The van der Waals surface area contributed by atoms with Gasteiger partial charge in [-0.25, -0.2) is 0 Å². The third kappa shape index (κ3) is 5.32. The van der Waals surface area contributed by atoms with Crippen LogP contribution in [0.25, 0.3) is 10.9 Å². The van der Waals surface area contributed by atoms with Crippen LogP contribution < -0.4 is 15.1 Å². The number of aromatic nitrogens is 4. The average molecular weight is 440 g/mol. The number of aromatic amines is 1. The summed E-state index contributed by atoms with van der Waals surface area (Å²) in [6, 6.07) is 6.18. The van der Waals surface area contributed by atoms with Gasteiger partial charge in [0, 0.05) is 29.7 Å². The number of aryl methyl sites for hydroxylation is 2. The van der Waals surface area contributed by atoms with Gasteiger partial charge >= 0.3 is 6.01 Å². The molecular formula is C22H29N7O3. The molecule has 1 aliphatic heterocycles. The number of nitrogens with zero attached hydrogens (tertiary/aromatic N) is 5. The van der Waals surface area contributed by atoms with Gasteiger partial charge in [-0.05, 0) is 51.5 Å². The standard InChI is InChI=1S/C22H29N7O3/c1-14-15(2)24-18-6-5-16(11-17(14)18)28-23-12-19-25-20(29-7-9-31-10-8-29)27-21(26-19)32-13-22(3,4)30/h5-6,11-12,24,28,30H,7-10,13H2,1-4H3. The molecule has 0 amide bonds. The van der Waals surface area contributed by atoms with Gasteiger partial charge in [0.1, 0.15) is 6.61 Å². The molecule has 0 bridgehead atoms. The van der Waals surface area contributed by atoms with E-state index in [0.717, 1.165) is 22.3 Å². The molecule has 10 nitrogen and oxygen atoms in total. The van der Waals surface area contributed by atoms with Crippen molar-refractivity contribution in [1.29, 1.82) is 0 Å². The summed E-state index contributed by atoms with van der Waals surface area (Å²) in [5.41, 5.74) is 6.35. The Kier molecular flexibility index (Phi) is 6.24. The average Bonchev–Trinajstić information content (AvgIpc) is 3.06. The van der Waals surface area contributed by atoms with Crippen molar-refractivity contribution in [2.24, 2.45) is 5.10 Å². The number of hydrogen-bond acceptors (Lipinski definition) is 9. The fourth-order valence-electron chi connectivity index (χ4n) is 3.32. The maximum absolute atomic E-state index is 9.97. The zero-order valence-corrected chi connectivity index (χ0v) is 18.8. The lowest BCUT2D eigenvalue weighted by Crippen LogP contribution is -2.37. The van der Waals surface area contributed by atoms with Crippen LogP contribution in [0.2, 0.25) is 0 Å². The molecule has 0 aliphatic carbocycles. The maximum Gasteiger partial charge on any atom is 0.321 e. The van der Waals surface area contributed by atoms with Crippen LogP contribution in [-0.2, 0) is 4.74 Å². The van der Waals surface area contributed by atoms with Crippen molar-refractivity contribution in [3.05, 3.63) is 35.3 Å². The normalized spacial score (nSPS) is 15.0. The highest BCUT2D eigenvalue weighted by Gasteiger charge is 2.19. The molecule has 0 spiro atoms. The molecule has 2 aromatic heterocycles. The molecule has 3 N–H and O–H groups in total. The summed E-state index contributed by atoms with van der Waals surface area (Å²) in [6.07, 6.45) is 1.53. The van der Waals surface area contributed by atoms with Gasteiger partial charge in [0.2, 0.25) is 5.95 Å². The summed E-state index contributed by atoms with van der Waals surface area (Å²) < 4.78 is 11.0. The second kappa shape index (κ2) is 9.09. The van der Waals surface area contributed by atoms with E-state index in [0.29, 0.717) is 38.1 Å². The summed E-state index contributed by atoms with van der Waals surface area (Å²) in [6.45, 7) is 10.1. The van der Waals surface area contributed by atoms with Crippen LogP contribution in [0, 0.1) is 13.8 Å². The van der Waals surface area contributed by atoms with Crippen molar-refractivity contribution in [2.45, 2.75) is 33.3 Å². The van der Waals surface area contributed by atoms with E-state index in [1.54, 1.807) is 13.8 Å². The highest BCUT2D eigenvalue weighted by atomic mass is 16.5. The Morgan fingerprint density at radius 3 is 2.78 bits per heavy atom. The van der Waals surface area contributed by atoms with E-state index >= 15 is 0 Å². The molecule has 0 radical (unpaired) electrons. The molecule has 0 saturated carbocycles. The SMILES string of the molecule is Cc1[nH]c2ccc(NN=Cc3nc(OCC(C)(C)O)nc(N4CCOCC4)n3)cc2c1C. The van der Waals surface area contributed by atoms with Crippen LogP contribution in [0.15, 0.2) is 23.3 Å². The Morgan fingerprint density at radius 1 is 1.25 bits per heavy atom. The zero-order valence-electron chi connectivity index (χ0n) is 18.8. The molecule has 1 aromatic carbocycles. The zero-order chi connectivity index (χ0) is 22.7. The van der Waals surface area contributed by atoms with Crippen molar-refractivity contribution >= 4 is 28.8 Å². The van der Waals surface area contributed by atoms with Crippen molar-refractivity contribution in [2.75, 3.05) is 43.2 Å². The Labute approximate surface area is 186 Å². The second-order valence-corrected chi connectivity index (χ2v) is 8.48. The van der Waals surface area contributed by atoms with E-state index in [4.69, 9.17) is 9.47 Å². The van der Waals surface area contributed by atoms with Gasteiger partial charge in [0.25, 0.3) is 0 Å². The fourth-order valence-corrected chi connectivity index (χ4v) is 3.32. The lowest BCUT2D eigenvalue weighted by Gasteiger charge is -2.27. The molecule has 0 atom stereocenters. The summed E-state index contributed by atoms with van der Waals surface area (Å²) in [5, 5.41) is 15.4. The number of fused-ring (bicyclic) bond motifs is 1. The van der Waals surface area contributed by atoms with Gasteiger partial charge in [-0.15, -0.1) is 0 Å². The topological polar surface area (TPSA) is 121 Å². The van der Waals surface area contributed by atoms with E-state index < -0.39 is 5.60 Å². The monoisotopic (exact) mass is 439 g/mol. The summed E-state index contributed by atoms with van der Waals surface area (Å²) >= 11 is 0. The number of hydrogen-bond donors (Lipinski definition) is 3. The molecule has 0 unspecified atom stereocenters. The number of hydrazone groups is 1. The highest BCUT2D eigenvalue weighted by molar-refractivity contribution is 5.87. The molecule has 4 rings (SSSR count). The lowest BCUT2D eigenvalue weighted by atomic mass is 10.1. The minimum atomic E-state index is -1.01. The lowest BCUT2D eigenvalue weighted by molar-refractivity contribution is 0.0249. The molecule has 170 valence electrons. The molecule has 32 heavy (non-hydrogen) atoms. The number of aliphatic hydroxyl groups is 1. The van der Waals surface area contributed by atoms with Crippen molar-refractivity contribution in [3.63, 3.8) is 0 Å². The number of H-pyrrole nitrogens is 1. The van der Waals surface area contributed by atoms with Crippen LogP contribution >= 0.6 is 0 Å². The van der Waals surface area contributed by atoms with Crippen LogP contribution in [0.5, 0.6) is 6.01 Å². The Hall–Kier alpha value is -3.24. The first-order chi connectivity index (χ1) is 15.3. The van der Waals surface area contributed by atoms with E-state index in [-0.39, 0.29) is 12.6 Å². The van der Waals surface area contributed by atoms with E-state index in [9.17, 15) is 5.11 Å². The van der Waals surface area contributed by atoms with Gasteiger partial charge in [0.05, 0.1) is 30.7 Å². The molecule has 10 heteroatoms.